The Balaban J connectivity index is 1.66. The van der Waals surface area contributed by atoms with Gasteiger partial charge in [0.25, 0.3) is 0 Å². The maximum Gasteiger partial charge on any atom is 0.121 e. The molecule has 0 bridgehead atoms. The first-order chi connectivity index (χ1) is 11.7. The third kappa shape index (κ3) is 3.78. The average molecular weight is 322 g/mol. The van der Waals surface area contributed by atoms with Gasteiger partial charge in [0, 0.05) is 17.8 Å². The molecule has 3 rings (SSSR count). The van der Waals surface area contributed by atoms with Crippen molar-refractivity contribution in [2.24, 2.45) is 0 Å². The van der Waals surface area contributed by atoms with E-state index >= 15 is 0 Å². The average Bonchev–Trinajstić information content (AvgIpc) is 2.64. The molecule has 124 valence electrons. The van der Waals surface area contributed by atoms with Crippen LogP contribution in [0, 0.1) is 5.21 Å². The molecule has 1 aliphatic rings. The van der Waals surface area contributed by atoms with Gasteiger partial charge < -0.3 is 19.7 Å². The Hall–Kier alpha value is -2.72. The monoisotopic (exact) mass is 322 g/mol. The van der Waals surface area contributed by atoms with E-state index in [1.54, 1.807) is 43.5 Å². The lowest BCUT2D eigenvalue weighted by Gasteiger charge is -2.31. The third-order valence-corrected chi connectivity index (χ3v) is 3.91. The van der Waals surface area contributed by atoms with Crippen LogP contribution < -0.4 is 14.5 Å². The quantitative estimate of drug-likeness (QED) is 0.728. The molecular formula is C20H20NO3-. The molecule has 2 aromatic carbocycles. The minimum Gasteiger partial charge on any atom is -0.754 e. The number of nitrogens with zero attached hydrogens (tertiary/aromatic N) is 1. The number of methoxy groups -OCH3 is 1. The van der Waals surface area contributed by atoms with Gasteiger partial charge >= 0.3 is 0 Å². The molecule has 1 atom stereocenters. The SMILES string of the molecule is COc1ccc(N([O-])c2ccc(OC3C=CC(C)=CC3)cc2)cc1. The van der Waals surface area contributed by atoms with Crippen LogP contribution in [0.15, 0.2) is 72.3 Å². The van der Waals surface area contributed by atoms with Gasteiger partial charge in [-0.15, -0.1) is 0 Å². The summed E-state index contributed by atoms with van der Waals surface area (Å²) in [6.07, 6.45) is 7.18. The molecule has 0 saturated heterocycles. The largest absolute Gasteiger partial charge is 0.754 e. The predicted molar refractivity (Wildman–Crippen MR) is 96.9 cm³/mol. The first-order valence-electron chi connectivity index (χ1n) is 7.89. The summed E-state index contributed by atoms with van der Waals surface area (Å²) in [5.41, 5.74) is 2.37. The van der Waals surface area contributed by atoms with Gasteiger partial charge in [0.05, 0.1) is 7.11 Å². The molecule has 0 fully saturated rings. The lowest BCUT2D eigenvalue weighted by molar-refractivity contribution is 0.251. The first kappa shape index (κ1) is 16.1. The molecule has 4 nitrogen and oxygen atoms in total. The van der Waals surface area contributed by atoms with E-state index in [-0.39, 0.29) is 6.10 Å². The van der Waals surface area contributed by atoms with Crippen LogP contribution in [-0.4, -0.2) is 13.2 Å². The van der Waals surface area contributed by atoms with Crippen molar-refractivity contribution in [3.63, 3.8) is 0 Å². The molecule has 0 radical (unpaired) electrons. The van der Waals surface area contributed by atoms with Gasteiger partial charge in [-0.3, -0.25) is 0 Å². The van der Waals surface area contributed by atoms with Crippen molar-refractivity contribution in [1.29, 1.82) is 0 Å². The van der Waals surface area contributed by atoms with Gasteiger partial charge in [0.15, 0.2) is 0 Å². The Morgan fingerprint density at radius 2 is 1.54 bits per heavy atom. The molecule has 1 aliphatic carbocycles. The second kappa shape index (κ2) is 7.23. The molecule has 1 unspecified atom stereocenters. The molecule has 0 aromatic heterocycles. The van der Waals surface area contributed by atoms with Crippen LogP contribution in [0.3, 0.4) is 0 Å². The summed E-state index contributed by atoms with van der Waals surface area (Å²) in [4.78, 5) is 0. The van der Waals surface area contributed by atoms with E-state index in [2.05, 4.69) is 25.2 Å². The zero-order valence-corrected chi connectivity index (χ0v) is 13.8. The van der Waals surface area contributed by atoms with Crippen molar-refractivity contribution in [3.8, 4) is 11.5 Å². The van der Waals surface area contributed by atoms with Crippen molar-refractivity contribution in [3.05, 3.63) is 77.5 Å². The highest BCUT2D eigenvalue weighted by Gasteiger charge is 2.09. The van der Waals surface area contributed by atoms with Crippen LogP contribution in [0.5, 0.6) is 11.5 Å². The van der Waals surface area contributed by atoms with Crippen molar-refractivity contribution in [1.82, 2.24) is 0 Å². The Bertz CT molecular complexity index is 732. The molecular weight excluding hydrogens is 302 g/mol. The minimum atomic E-state index is 0.0458. The summed E-state index contributed by atoms with van der Waals surface area (Å²) in [7, 11) is 1.60. The fourth-order valence-electron chi connectivity index (χ4n) is 2.50. The highest BCUT2D eigenvalue weighted by Crippen LogP contribution is 2.28. The molecule has 0 spiro atoms. The molecule has 0 heterocycles. The summed E-state index contributed by atoms with van der Waals surface area (Å²) in [6.45, 7) is 2.07. The molecule has 0 aliphatic heterocycles. The Kier molecular flexibility index (Phi) is 4.87. The number of rotatable bonds is 5. The van der Waals surface area contributed by atoms with E-state index in [1.165, 1.54) is 5.57 Å². The van der Waals surface area contributed by atoms with Crippen LogP contribution in [0.25, 0.3) is 0 Å². The Morgan fingerprint density at radius 1 is 0.958 bits per heavy atom. The summed E-state index contributed by atoms with van der Waals surface area (Å²) in [6, 6.07) is 14.2. The summed E-state index contributed by atoms with van der Waals surface area (Å²) >= 11 is 0. The van der Waals surface area contributed by atoms with Gasteiger partial charge in [-0.25, -0.2) is 0 Å². The number of ether oxygens (including phenoxy) is 2. The van der Waals surface area contributed by atoms with E-state index in [0.717, 1.165) is 23.0 Å². The highest BCUT2D eigenvalue weighted by atomic mass is 16.5. The highest BCUT2D eigenvalue weighted by molar-refractivity contribution is 5.65. The zero-order chi connectivity index (χ0) is 16.9. The number of hydrogen-bond donors (Lipinski definition) is 0. The standard InChI is InChI=1S/C20H20NO3/c1-15-3-9-19(10-4-15)24-20-13-7-17(8-14-20)21(22)16-5-11-18(23-2)12-6-16/h3-9,11-14,19H,10H2,1-2H3/q-1. The number of anilines is 2. The van der Waals surface area contributed by atoms with Gasteiger partial charge in [0.2, 0.25) is 0 Å². The topological polar surface area (TPSA) is 44.8 Å². The smallest absolute Gasteiger partial charge is 0.121 e. The summed E-state index contributed by atoms with van der Waals surface area (Å²) < 4.78 is 11.0. The van der Waals surface area contributed by atoms with Crippen LogP contribution in [0.2, 0.25) is 0 Å². The fraction of sp³-hybridized carbons (Fsp3) is 0.200. The number of benzene rings is 2. The third-order valence-electron chi connectivity index (χ3n) is 3.91. The minimum absolute atomic E-state index is 0.0458. The van der Waals surface area contributed by atoms with E-state index in [0.29, 0.717) is 11.4 Å². The maximum absolute atomic E-state index is 12.4. The van der Waals surface area contributed by atoms with E-state index in [1.807, 2.05) is 12.1 Å². The zero-order valence-electron chi connectivity index (χ0n) is 13.8. The molecule has 0 N–H and O–H groups in total. The van der Waals surface area contributed by atoms with Gasteiger partial charge in [-0.1, -0.05) is 17.7 Å². The van der Waals surface area contributed by atoms with Crippen molar-refractivity contribution in [2.75, 3.05) is 12.2 Å². The van der Waals surface area contributed by atoms with Crippen LogP contribution >= 0.6 is 0 Å². The van der Waals surface area contributed by atoms with Crippen LogP contribution in [0.4, 0.5) is 11.4 Å². The first-order valence-corrected chi connectivity index (χ1v) is 7.89. The van der Waals surface area contributed by atoms with Crippen molar-refractivity contribution in [2.45, 2.75) is 19.4 Å². The fourth-order valence-corrected chi connectivity index (χ4v) is 2.50. The van der Waals surface area contributed by atoms with E-state index in [9.17, 15) is 5.21 Å². The molecule has 0 saturated carbocycles. The number of allylic oxidation sites excluding steroid dienone is 2. The van der Waals surface area contributed by atoms with Crippen LogP contribution in [0.1, 0.15) is 13.3 Å². The summed E-state index contributed by atoms with van der Waals surface area (Å²) in [5, 5.41) is 13.3. The van der Waals surface area contributed by atoms with Gasteiger partial charge in [-0.05, 0) is 61.5 Å². The molecule has 4 heteroatoms. The lowest BCUT2D eigenvalue weighted by Crippen LogP contribution is -2.14. The van der Waals surface area contributed by atoms with Crippen molar-refractivity contribution < 1.29 is 9.47 Å². The van der Waals surface area contributed by atoms with E-state index < -0.39 is 0 Å². The number of hydrogen-bond acceptors (Lipinski definition) is 4. The van der Waals surface area contributed by atoms with E-state index in [4.69, 9.17) is 9.47 Å². The Morgan fingerprint density at radius 3 is 2.04 bits per heavy atom. The molecule has 24 heavy (non-hydrogen) atoms. The Labute approximate surface area is 142 Å². The van der Waals surface area contributed by atoms with Crippen molar-refractivity contribution >= 4 is 11.4 Å². The summed E-state index contributed by atoms with van der Waals surface area (Å²) in [5.74, 6) is 1.48. The lowest BCUT2D eigenvalue weighted by atomic mass is 10.1. The normalized spacial score (nSPS) is 16.5. The van der Waals surface area contributed by atoms with Gasteiger partial charge in [-0.2, -0.15) is 0 Å². The maximum atomic E-state index is 12.4. The second-order valence-electron chi connectivity index (χ2n) is 5.69. The van der Waals surface area contributed by atoms with Crippen LogP contribution in [-0.2, 0) is 0 Å². The predicted octanol–water partition coefficient (Wildman–Crippen LogP) is 4.98. The molecule has 2 aromatic rings. The molecule has 0 amide bonds. The second-order valence-corrected chi connectivity index (χ2v) is 5.69. The van der Waals surface area contributed by atoms with Gasteiger partial charge in [0.1, 0.15) is 17.6 Å².